The molecule has 1 saturated heterocycles. The molecule has 1 fully saturated rings. The maximum absolute atomic E-state index is 14.4. The molecular formula is C35H33ClF3N11O4. The molecule has 1 aliphatic rings. The van der Waals surface area contributed by atoms with E-state index in [1.807, 2.05) is 44.1 Å². The lowest BCUT2D eigenvalue weighted by Crippen LogP contribution is -2.51. The number of hydrogen-bond acceptors (Lipinski definition) is 10. The quantitative estimate of drug-likeness (QED) is 0.238. The molecule has 7 rings (SSSR count). The summed E-state index contributed by atoms with van der Waals surface area (Å²) in [5.74, 6) is -1.14. The van der Waals surface area contributed by atoms with Crippen LogP contribution in [0.1, 0.15) is 39.9 Å². The predicted molar refractivity (Wildman–Crippen MR) is 193 cm³/mol. The van der Waals surface area contributed by atoms with Crippen molar-refractivity contribution in [2.75, 3.05) is 36.4 Å². The molecule has 5 heterocycles. The second-order valence-electron chi connectivity index (χ2n) is 12.8. The van der Waals surface area contributed by atoms with Crippen molar-refractivity contribution >= 4 is 51.5 Å². The number of benzene rings is 2. The van der Waals surface area contributed by atoms with Crippen LogP contribution in [0.4, 0.5) is 24.5 Å². The van der Waals surface area contributed by atoms with Gasteiger partial charge in [0, 0.05) is 50.4 Å². The lowest BCUT2D eigenvalue weighted by atomic mass is 10.0. The lowest BCUT2D eigenvalue weighted by molar-refractivity contribution is -0.137. The Balaban J connectivity index is 1.28. The molecule has 6 aromatic rings. The number of piperazine rings is 1. The lowest BCUT2D eigenvalue weighted by Gasteiger charge is -2.36. The van der Waals surface area contributed by atoms with Gasteiger partial charge >= 0.3 is 6.18 Å². The van der Waals surface area contributed by atoms with E-state index in [1.165, 1.54) is 11.2 Å². The van der Waals surface area contributed by atoms with Crippen molar-refractivity contribution in [1.29, 1.82) is 0 Å². The van der Waals surface area contributed by atoms with E-state index in [0.717, 1.165) is 39.2 Å². The normalized spacial score (nSPS) is 13.6. The Bertz CT molecular complexity index is 2540. The molecule has 54 heavy (non-hydrogen) atoms. The zero-order chi connectivity index (χ0) is 38.6. The third-order valence-corrected chi connectivity index (χ3v) is 9.75. The number of carbonyl (C=O) groups excluding carboxylic acids is 2. The van der Waals surface area contributed by atoms with Crippen LogP contribution >= 0.6 is 11.6 Å². The maximum atomic E-state index is 14.4. The molecule has 0 saturated carbocycles. The third-order valence-electron chi connectivity index (χ3n) is 9.44. The molecule has 15 nitrogen and oxygen atoms in total. The van der Waals surface area contributed by atoms with Crippen molar-refractivity contribution in [2.45, 2.75) is 39.9 Å². The minimum Gasteiger partial charge on any atom is -0.504 e. The fourth-order valence-electron chi connectivity index (χ4n) is 6.67. The molecule has 0 bridgehead atoms. The van der Waals surface area contributed by atoms with E-state index < -0.39 is 35.7 Å². The number of nitrogens with one attached hydrogen (secondary N) is 1. The van der Waals surface area contributed by atoms with Gasteiger partial charge in [0.1, 0.15) is 18.6 Å². The van der Waals surface area contributed by atoms with E-state index in [0.29, 0.717) is 11.3 Å². The third kappa shape index (κ3) is 6.46. The van der Waals surface area contributed by atoms with Gasteiger partial charge in [0.15, 0.2) is 17.3 Å². The minimum absolute atomic E-state index is 0.0294. The Morgan fingerprint density at radius 2 is 1.78 bits per heavy atom. The maximum Gasteiger partial charge on any atom is 0.416 e. The minimum atomic E-state index is -4.62. The standard InChI is InChI=1S/C35H33ClF3N11O4/c1-5-26-29(47-10-12-48(13-11-47)32(53)28-30(52)19(3)40-17-41-28)33(54)50-34(43-31(45-50)21-7-9-24-22(18(21)2)15-46(4)44-24)49(26)16-27(51)42-25-8-6-20(14-23(25)36)35(37,38)39/h6-9,14-15,17,52H,5,10-13,16H2,1-4H3,(H,42,51). The summed E-state index contributed by atoms with van der Waals surface area (Å²) in [6.45, 7) is 5.67. The zero-order valence-electron chi connectivity index (χ0n) is 29.4. The molecule has 1 aliphatic heterocycles. The molecule has 0 spiro atoms. The molecule has 0 atom stereocenters. The zero-order valence-corrected chi connectivity index (χ0v) is 30.2. The van der Waals surface area contributed by atoms with Crippen molar-refractivity contribution in [2.24, 2.45) is 7.05 Å². The first-order valence-corrected chi connectivity index (χ1v) is 17.2. The largest absolute Gasteiger partial charge is 0.504 e. The Morgan fingerprint density at radius 1 is 1.04 bits per heavy atom. The van der Waals surface area contributed by atoms with Crippen LogP contribution in [0.2, 0.25) is 5.02 Å². The van der Waals surface area contributed by atoms with E-state index in [1.54, 1.807) is 16.2 Å². The molecule has 0 aliphatic carbocycles. The molecule has 4 aromatic heterocycles. The smallest absolute Gasteiger partial charge is 0.416 e. The van der Waals surface area contributed by atoms with E-state index in [2.05, 4.69) is 25.5 Å². The number of alkyl halides is 3. The first-order chi connectivity index (χ1) is 25.7. The Kier molecular flexibility index (Phi) is 9.24. The van der Waals surface area contributed by atoms with Crippen LogP contribution in [-0.4, -0.2) is 86.9 Å². The van der Waals surface area contributed by atoms with Gasteiger partial charge in [-0.1, -0.05) is 18.5 Å². The van der Waals surface area contributed by atoms with Crippen molar-refractivity contribution in [3.8, 4) is 17.1 Å². The number of nitrogens with zero attached hydrogens (tertiary/aromatic N) is 10. The first kappa shape index (κ1) is 36.3. The molecule has 0 unspecified atom stereocenters. The molecular weight excluding hydrogens is 731 g/mol. The van der Waals surface area contributed by atoms with E-state index >= 15 is 0 Å². The van der Waals surface area contributed by atoms with Crippen LogP contribution in [0.3, 0.4) is 0 Å². The summed E-state index contributed by atoms with van der Waals surface area (Å²) in [6, 6.07) is 6.25. The number of aromatic hydroxyl groups is 1. The van der Waals surface area contributed by atoms with Crippen LogP contribution in [0, 0.1) is 13.8 Å². The molecule has 19 heteroatoms. The Hall–Kier alpha value is -6.04. The first-order valence-electron chi connectivity index (χ1n) is 16.8. The van der Waals surface area contributed by atoms with Crippen LogP contribution in [0.5, 0.6) is 5.75 Å². The molecule has 2 amide bonds. The van der Waals surface area contributed by atoms with Crippen molar-refractivity contribution in [3.05, 3.63) is 86.4 Å². The number of hydrogen-bond donors (Lipinski definition) is 2. The number of rotatable bonds is 7. The number of amides is 2. The number of aryl methyl sites for hydroxylation is 3. The van der Waals surface area contributed by atoms with Crippen LogP contribution in [0.25, 0.3) is 28.1 Å². The molecule has 2 N–H and O–H groups in total. The number of halogens is 4. The fraction of sp³-hybridized carbons (Fsp3) is 0.314. The average molecular weight is 764 g/mol. The monoisotopic (exact) mass is 763 g/mol. The average Bonchev–Trinajstić information content (AvgIpc) is 3.75. The van der Waals surface area contributed by atoms with Gasteiger partial charge in [-0.2, -0.15) is 27.8 Å². The summed E-state index contributed by atoms with van der Waals surface area (Å²) in [5.41, 5.74) is 1.57. The number of carbonyl (C=O) groups is 2. The van der Waals surface area contributed by atoms with Gasteiger partial charge in [-0.25, -0.2) is 9.97 Å². The second-order valence-corrected chi connectivity index (χ2v) is 13.2. The summed E-state index contributed by atoms with van der Waals surface area (Å²) in [6.07, 6.45) is -1.29. The van der Waals surface area contributed by atoms with Crippen LogP contribution < -0.4 is 15.8 Å². The van der Waals surface area contributed by atoms with Gasteiger partial charge in [0.05, 0.1) is 33.2 Å². The van der Waals surface area contributed by atoms with Gasteiger partial charge in [0.25, 0.3) is 11.5 Å². The number of aromatic nitrogens is 8. The van der Waals surface area contributed by atoms with E-state index in [4.69, 9.17) is 16.6 Å². The summed E-state index contributed by atoms with van der Waals surface area (Å²) in [7, 11) is 1.81. The molecule has 0 radical (unpaired) electrons. The van der Waals surface area contributed by atoms with Gasteiger partial charge in [-0.15, -0.1) is 5.10 Å². The van der Waals surface area contributed by atoms with Crippen LogP contribution in [-0.2, 0) is 31.0 Å². The highest BCUT2D eigenvalue weighted by Crippen LogP contribution is 2.34. The van der Waals surface area contributed by atoms with Crippen molar-refractivity contribution in [3.63, 3.8) is 0 Å². The topological polar surface area (TPSA) is 169 Å². The molecule has 280 valence electrons. The summed E-state index contributed by atoms with van der Waals surface area (Å²) >= 11 is 6.15. The van der Waals surface area contributed by atoms with Crippen molar-refractivity contribution < 1.29 is 27.9 Å². The highest BCUT2D eigenvalue weighted by atomic mass is 35.5. The number of fused-ring (bicyclic) bond motifs is 2. The predicted octanol–water partition coefficient (Wildman–Crippen LogP) is 4.39. The highest BCUT2D eigenvalue weighted by Gasteiger charge is 2.32. The van der Waals surface area contributed by atoms with Crippen LogP contribution in [0.15, 0.2) is 47.7 Å². The Morgan fingerprint density at radius 3 is 2.46 bits per heavy atom. The van der Waals surface area contributed by atoms with Crippen molar-refractivity contribution in [1.82, 2.24) is 43.8 Å². The Labute approximate surface area is 309 Å². The number of anilines is 2. The summed E-state index contributed by atoms with van der Waals surface area (Å²) in [5, 5.41) is 22.7. The van der Waals surface area contributed by atoms with Gasteiger partial charge < -0.3 is 24.8 Å². The molecule has 2 aromatic carbocycles. The van der Waals surface area contributed by atoms with Gasteiger partial charge in [-0.05, 0) is 56.2 Å². The fourth-order valence-corrected chi connectivity index (χ4v) is 6.90. The van der Waals surface area contributed by atoms with E-state index in [-0.39, 0.29) is 77.7 Å². The van der Waals surface area contributed by atoms with Gasteiger partial charge in [0.2, 0.25) is 11.7 Å². The SMILES string of the molecule is CCc1c(N2CCN(C(=O)c3ncnc(C)c3O)CC2)c(=O)n2nc(-c3ccc4nn(C)cc4c3C)nc2n1CC(=O)Nc1ccc(C(F)(F)F)cc1Cl. The summed E-state index contributed by atoms with van der Waals surface area (Å²) < 4.78 is 44.2. The van der Waals surface area contributed by atoms with Gasteiger partial charge in [-0.3, -0.25) is 19.1 Å². The second kappa shape index (κ2) is 13.7. The highest BCUT2D eigenvalue weighted by molar-refractivity contribution is 6.33. The van der Waals surface area contributed by atoms with E-state index in [9.17, 15) is 32.7 Å². The summed E-state index contributed by atoms with van der Waals surface area (Å²) in [4.78, 5) is 57.3.